The number of fused-ring (bicyclic) bond motifs is 1. The molecule has 0 bridgehead atoms. The topological polar surface area (TPSA) is 90.5 Å². The zero-order valence-electron chi connectivity index (χ0n) is 18.9. The SMILES string of the molecule is O/N=C1\CCc2cc(-c3nc(C4CCN(Cc5ccoc5)CC4)[nH]c3-c3ccncc3)ccc21. The maximum atomic E-state index is 9.29. The molecule has 2 aliphatic rings. The van der Waals surface area contributed by atoms with Crippen molar-refractivity contribution in [3.05, 3.63) is 83.8 Å². The minimum Gasteiger partial charge on any atom is -0.472 e. The first-order chi connectivity index (χ1) is 16.8. The summed E-state index contributed by atoms with van der Waals surface area (Å²) in [6.07, 6.45) is 11.0. The third-order valence-electron chi connectivity index (χ3n) is 7.09. The second-order valence-electron chi connectivity index (χ2n) is 9.18. The number of nitrogens with zero attached hydrogens (tertiary/aromatic N) is 4. The number of pyridine rings is 1. The van der Waals surface area contributed by atoms with Crippen LogP contribution in [0.3, 0.4) is 0 Å². The van der Waals surface area contributed by atoms with Crippen molar-refractivity contribution in [1.82, 2.24) is 19.9 Å². The van der Waals surface area contributed by atoms with Gasteiger partial charge in [0.15, 0.2) is 0 Å². The number of piperidine rings is 1. The van der Waals surface area contributed by atoms with Crippen molar-refractivity contribution in [3.8, 4) is 22.5 Å². The zero-order valence-corrected chi connectivity index (χ0v) is 18.9. The van der Waals surface area contributed by atoms with Gasteiger partial charge < -0.3 is 14.6 Å². The van der Waals surface area contributed by atoms with Gasteiger partial charge in [0, 0.05) is 47.1 Å². The Kier molecular flexibility index (Phi) is 5.47. The molecule has 4 heterocycles. The third kappa shape index (κ3) is 3.92. The summed E-state index contributed by atoms with van der Waals surface area (Å²) in [6.45, 7) is 3.01. The quantitative estimate of drug-likeness (QED) is 0.319. The van der Waals surface area contributed by atoms with Crippen molar-refractivity contribution in [2.75, 3.05) is 13.1 Å². The van der Waals surface area contributed by atoms with Crippen LogP contribution in [0.4, 0.5) is 0 Å². The number of imidazole rings is 1. The highest BCUT2D eigenvalue weighted by molar-refractivity contribution is 6.04. The van der Waals surface area contributed by atoms with E-state index in [0.29, 0.717) is 5.92 Å². The van der Waals surface area contributed by atoms with Crippen LogP contribution in [-0.4, -0.2) is 43.9 Å². The molecule has 1 aromatic carbocycles. The van der Waals surface area contributed by atoms with Gasteiger partial charge in [-0.15, -0.1) is 0 Å². The van der Waals surface area contributed by atoms with Gasteiger partial charge in [0.2, 0.25) is 0 Å². The van der Waals surface area contributed by atoms with Crippen molar-refractivity contribution in [3.63, 3.8) is 0 Å². The molecule has 6 rings (SSSR count). The summed E-state index contributed by atoms with van der Waals surface area (Å²) in [5.74, 6) is 1.46. The van der Waals surface area contributed by atoms with Crippen molar-refractivity contribution >= 4 is 5.71 Å². The predicted octanol–water partition coefficient (Wildman–Crippen LogP) is 5.24. The molecule has 1 saturated heterocycles. The lowest BCUT2D eigenvalue weighted by molar-refractivity contribution is 0.201. The van der Waals surface area contributed by atoms with Gasteiger partial charge in [-0.05, 0) is 68.6 Å². The number of aromatic nitrogens is 3. The Labute approximate surface area is 198 Å². The van der Waals surface area contributed by atoms with Gasteiger partial charge >= 0.3 is 0 Å². The van der Waals surface area contributed by atoms with Crippen LogP contribution in [0.1, 0.15) is 47.7 Å². The molecule has 0 saturated carbocycles. The summed E-state index contributed by atoms with van der Waals surface area (Å²) < 4.78 is 5.22. The monoisotopic (exact) mass is 453 g/mol. The minimum atomic E-state index is 0.400. The molecule has 0 unspecified atom stereocenters. The van der Waals surface area contributed by atoms with E-state index in [1.807, 2.05) is 36.9 Å². The summed E-state index contributed by atoms with van der Waals surface area (Å²) >= 11 is 0. The molecule has 1 aliphatic carbocycles. The van der Waals surface area contributed by atoms with Crippen molar-refractivity contribution in [2.24, 2.45) is 5.16 Å². The number of oxime groups is 1. The van der Waals surface area contributed by atoms with Gasteiger partial charge in [0.25, 0.3) is 0 Å². The Balaban J connectivity index is 1.30. The van der Waals surface area contributed by atoms with Crippen LogP contribution in [0, 0.1) is 0 Å². The maximum absolute atomic E-state index is 9.29. The lowest BCUT2D eigenvalue weighted by Crippen LogP contribution is -2.32. The Morgan fingerprint density at radius 2 is 1.91 bits per heavy atom. The molecule has 7 heteroatoms. The second kappa shape index (κ2) is 8.91. The number of aromatic amines is 1. The fourth-order valence-corrected chi connectivity index (χ4v) is 5.25. The molecule has 4 aromatic rings. The minimum absolute atomic E-state index is 0.400. The van der Waals surface area contributed by atoms with Crippen LogP contribution < -0.4 is 0 Å². The number of hydrogen-bond donors (Lipinski definition) is 2. The van der Waals surface area contributed by atoms with Crippen LogP contribution in [0.5, 0.6) is 0 Å². The Morgan fingerprint density at radius 3 is 2.68 bits per heavy atom. The number of benzene rings is 1. The van der Waals surface area contributed by atoms with Gasteiger partial charge in [-0.1, -0.05) is 17.3 Å². The van der Waals surface area contributed by atoms with E-state index in [1.54, 1.807) is 6.26 Å². The van der Waals surface area contributed by atoms with E-state index in [2.05, 4.69) is 38.2 Å². The standard InChI is InChI=1S/C27H27N5O2/c33-31-24-4-2-21-15-22(1-3-23(21)24)26-25(19-5-10-28-11-6-19)29-27(30-26)20-7-12-32(13-8-20)16-18-9-14-34-17-18/h1,3,5-6,9-11,14-15,17,20,33H,2,4,7-8,12-13,16H2,(H,29,30)/b31-24+. The van der Waals surface area contributed by atoms with Crippen LogP contribution >= 0.6 is 0 Å². The highest BCUT2D eigenvalue weighted by Gasteiger charge is 2.26. The van der Waals surface area contributed by atoms with Crippen LogP contribution in [0.2, 0.25) is 0 Å². The second-order valence-corrected chi connectivity index (χ2v) is 9.18. The van der Waals surface area contributed by atoms with Crippen molar-refractivity contribution in [1.29, 1.82) is 0 Å². The van der Waals surface area contributed by atoms with Gasteiger partial charge in [0.1, 0.15) is 5.82 Å². The Bertz CT molecular complexity index is 1300. The van der Waals surface area contributed by atoms with E-state index in [-0.39, 0.29) is 0 Å². The molecule has 7 nitrogen and oxygen atoms in total. The van der Waals surface area contributed by atoms with Crippen molar-refractivity contribution < 1.29 is 9.62 Å². The lowest BCUT2D eigenvalue weighted by atomic mass is 9.96. The summed E-state index contributed by atoms with van der Waals surface area (Å²) in [7, 11) is 0. The predicted molar refractivity (Wildman–Crippen MR) is 130 cm³/mol. The average molecular weight is 454 g/mol. The summed E-state index contributed by atoms with van der Waals surface area (Å²) in [5, 5.41) is 12.8. The van der Waals surface area contributed by atoms with E-state index in [1.165, 1.54) is 11.1 Å². The smallest absolute Gasteiger partial charge is 0.110 e. The zero-order chi connectivity index (χ0) is 22.9. The van der Waals surface area contributed by atoms with Crippen molar-refractivity contribution in [2.45, 2.75) is 38.1 Å². The summed E-state index contributed by atoms with van der Waals surface area (Å²) in [6, 6.07) is 12.4. The first-order valence-corrected chi connectivity index (χ1v) is 11.9. The van der Waals surface area contributed by atoms with Crippen LogP contribution in [-0.2, 0) is 13.0 Å². The van der Waals surface area contributed by atoms with Crippen LogP contribution in [0.15, 0.2) is 70.9 Å². The summed E-state index contributed by atoms with van der Waals surface area (Å²) in [5.41, 5.74) is 8.42. The van der Waals surface area contributed by atoms with Gasteiger partial charge in [0.05, 0.1) is 29.6 Å². The van der Waals surface area contributed by atoms with E-state index in [4.69, 9.17) is 9.40 Å². The molecule has 1 fully saturated rings. The largest absolute Gasteiger partial charge is 0.472 e. The first kappa shape index (κ1) is 20.9. The van der Waals surface area contributed by atoms with Gasteiger partial charge in [-0.25, -0.2) is 4.98 Å². The molecule has 0 radical (unpaired) electrons. The number of aryl methyl sites for hydroxylation is 1. The average Bonchev–Trinajstić information content (AvgIpc) is 3.64. The molecule has 0 spiro atoms. The van der Waals surface area contributed by atoms with Gasteiger partial charge in [-0.2, -0.15) is 0 Å². The lowest BCUT2D eigenvalue weighted by Gasteiger charge is -2.30. The number of likely N-dealkylation sites (tertiary alicyclic amines) is 1. The number of hydrogen-bond acceptors (Lipinski definition) is 6. The number of furan rings is 1. The molecule has 0 amide bonds. The highest BCUT2D eigenvalue weighted by atomic mass is 16.4. The normalized spacial score (nSPS) is 17.9. The van der Waals surface area contributed by atoms with E-state index < -0.39 is 0 Å². The number of nitrogens with one attached hydrogen (secondary N) is 1. The third-order valence-corrected chi connectivity index (χ3v) is 7.09. The molecular weight excluding hydrogens is 426 g/mol. The van der Waals surface area contributed by atoms with Crippen LogP contribution in [0.25, 0.3) is 22.5 Å². The van der Waals surface area contributed by atoms with E-state index in [0.717, 1.165) is 84.9 Å². The molecule has 3 aromatic heterocycles. The Morgan fingerprint density at radius 1 is 1.06 bits per heavy atom. The van der Waals surface area contributed by atoms with Gasteiger partial charge in [-0.3, -0.25) is 9.88 Å². The highest BCUT2D eigenvalue weighted by Crippen LogP contribution is 2.36. The van der Waals surface area contributed by atoms with E-state index in [9.17, 15) is 5.21 Å². The first-order valence-electron chi connectivity index (χ1n) is 11.9. The molecule has 0 atom stereocenters. The molecule has 34 heavy (non-hydrogen) atoms. The Hall–Kier alpha value is -3.71. The van der Waals surface area contributed by atoms with E-state index >= 15 is 0 Å². The number of H-pyrrole nitrogens is 1. The molecule has 172 valence electrons. The fourth-order valence-electron chi connectivity index (χ4n) is 5.25. The fraction of sp³-hybridized carbons (Fsp3) is 0.296. The molecule has 2 N–H and O–H groups in total. The summed E-state index contributed by atoms with van der Waals surface area (Å²) in [4.78, 5) is 15.5. The number of rotatable bonds is 5. The maximum Gasteiger partial charge on any atom is 0.110 e. The molecule has 1 aliphatic heterocycles. The molecular formula is C27H27N5O2.